The summed E-state index contributed by atoms with van der Waals surface area (Å²) in [5, 5.41) is 0. The van der Waals surface area contributed by atoms with Crippen LogP contribution in [0.1, 0.15) is 48.0 Å². The molecule has 3 fully saturated rings. The highest BCUT2D eigenvalue weighted by Crippen LogP contribution is 2.46. The SMILES string of the molecule is C=CC[C@@H](C(=O)C(=O)OC(C)C)[C@H]1O[C@@H]2OC(C)(C)O[C@@H]2[C@H]2OC(C)(C)O[C@H]21. The summed E-state index contributed by atoms with van der Waals surface area (Å²) in [4.78, 5) is 25.1. The van der Waals surface area contributed by atoms with Crippen molar-refractivity contribution < 1.29 is 38.0 Å². The van der Waals surface area contributed by atoms with E-state index < -0.39 is 66.1 Å². The average molecular weight is 398 g/mol. The van der Waals surface area contributed by atoms with Gasteiger partial charge < -0.3 is 28.4 Å². The van der Waals surface area contributed by atoms with Crippen molar-refractivity contribution in [3.05, 3.63) is 12.7 Å². The molecule has 0 aromatic rings. The van der Waals surface area contributed by atoms with E-state index in [9.17, 15) is 9.59 Å². The topological polar surface area (TPSA) is 89.5 Å². The predicted octanol–water partition coefficient (Wildman–Crippen LogP) is 2.10. The molecule has 0 aromatic heterocycles. The van der Waals surface area contributed by atoms with Gasteiger partial charge in [-0.3, -0.25) is 4.79 Å². The van der Waals surface area contributed by atoms with Gasteiger partial charge in [-0.1, -0.05) is 6.08 Å². The van der Waals surface area contributed by atoms with Crippen molar-refractivity contribution in [2.24, 2.45) is 5.92 Å². The minimum Gasteiger partial charge on any atom is -0.457 e. The predicted molar refractivity (Wildman–Crippen MR) is 97.1 cm³/mol. The molecule has 3 aliphatic heterocycles. The minimum atomic E-state index is -0.897. The Morgan fingerprint density at radius 2 is 1.57 bits per heavy atom. The van der Waals surface area contributed by atoms with Crippen LogP contribution in [0.3, 0.4) is 0 Å². The molecule has 8 heteroatoms. The van der Waals surface area contributed by atoms with Crippen molar-refractivity contribution in [1.82, 2.24) is 0 Å². The maximum atomic E-state index is 12.9. The highest BCUT2D eigenvalue weighted by Gasteiger charge is 2.62. The molecular weight excluding hydrogens is 368 g/mol. The first-order valence-corrected chi connectivity index (χ1v) is 9.66. The third-order valence-corrected chi connectivity index (χ3v) is 4.89. The lowest BCUT2D eigenvalue weighted by molar-refractivity contribution is -0.243. The van der Waals surface area contributed by atoms with E-state index in [-0.39, 0.29) is 6.42 Å². The van der Waals surface area contributed by atoms with Crippen molar-refractivity contribution in [3.8, 4) is 0 Å². The van der Waals surface area contributed by atoms with E-state index in [2.05, 4.69) is 6.58 Å². The lowest BCUT2D eigenvalue weighted by Gasteiger charge is -2.40. The van der Waals surface area contributed by atoms with Crippen LogP contribution in [0.25, 0.3) is 0 Å². The molecule has 0 unspecified atom stereocenters. The van der Waals surface area contributed by atoms with Gasteiger partial charge in [0, 0.05) is 0 Å². The van der Waals surface area contributed by atoms with E-state index in [1.807, 2.05) is 0 Å². The van der Waals surface area contributed by atoms with Crippen molar-refractivity contribution >= 4 is 11.8 Å². The van der Waals surface area contributed by atoms with Crippen molar-refractivity contribution in [1.29, 1.82) is 0 Å². The number of rotatable bonds is 6. The molecular formula is C20H30O8. The van der Waals surface area contributed by atoms with Crippen LogP contribution >= 0.6 is 0 Å². The average Bonchev–Trinajstić information content (AvgIpc) is 3.04. The molecule has 0 saturated carbocycles. The molecule has 8 nitrogen and oxygen atoms in total. The van der Waals surface area contributed by atoms with Crippen molar-refractivity contribution in [3.63, 3.8) is 0 Å². The van der Waals surface area contributed by atoms with Crippen LogP contribution in [0, 0.1) is 5.92 Å². The number of ketones is 1. The van der Waals surface area contributed by atoms with Gasteiger partial charge in [0.05, 0.1) is 12.0 Å². The van der Waals surface area contributed by atoms with Gasteiger partial charge in [-0.15, -0.1) is 6.58 Å². The highest BCUT2D eigenvalue weighted by atomic mass is 16.9. The third kappa shape index (κ3) is 4.16. The van der Waals surface area contributed by atoms with Crippen LogP contribution in [0.2, 0.25) is 0 Å². The van der Waals surface area contributed by atoms with Crippen LogP contribution in [-0.2, 0) is 38.0 Å². The first-order valence-electron chi connectivity index (χ1n) is 9.66. The second-order valence-corrected chi connectivity index (χ2v) is 8.58. The fraction of sp³-hybridized carbons (Fsp3) is 0.800. The molecule has 0 N–H and O–H groups in total. The van der Waals surface area contributed by atoms with Gasteiger partial charge in [-0.2, -0.15) is 0 Å². The monoisotopic (exact) mass is 398 g/mol. The van der Waals surface area contributed by atoms with Gasteiger partial charge in [0.1, 0.15) is 24.4 Å². The zero-order valence-corrected chi connectivity index (χ0v) is 17.3. The molecule has 6 atom stereocenters. The molecule has 0 bridgehead atoms. The molecule has 0 radical (unpaired) electrons. The number of allylic oxidation sites excluding steroid dienone is 1. The molecule has 0 amide bonds. The van der Waals surface area contributed by atoms with Gasteiger partial charge in [-0.25, -0.2) is 4.79 Å². The number of hydrogen-bond donors (Lipinski definition) is 0. The second-order valence-electron chi connectivity index (χ2n) is 8.58. The van der Waals surface area contributed by atoms with E-state index in [0.29, 0.717) is 0 Å². The Bertz CT molecular complexity index is 640. The molecule has 3 aliphatic rings. The Hall–Kier alpha value is -1.32. The van der Waals surface area contributed by atoms with E-state index in [1.54, 1.807) is 47.6 Å². The molecule has 0 aliphatic carbocycles. The second kappa shape index (κ2) is 7.50. The lowest BCUT2D eigenvalue weighted by Crippen LogP contribution is -2.58. The van der Waals surface area contributed by atoms with Crippen LogP contribution in [0.4, 0.5) is 0 Å². The third-order valence-electron chi connectivity index (χ3n) is 4.89. The number of hydrogen-bond acceptors (Lipinski definition) is 8. The van der Waals surface area contributed by atoms with E-state index >= 15 is 0 Å². The Balaban J connectivity index is 1.90. The summed E-state index contributed by atoms with van der Waals surface area (Å²) in [6, 6.07) is 0. The number of ether oxygens (including phenoxy) is 6. The first kappa shape index (κ1) is 21.4. The summed E-state index contributed by atoms with van der Waals surface area (Å²) < 4.78 is 35.2. The van der Waals surface area contributed by atoms with Gasteiger partial charge in [0.2, 0.25) is 5.78 Å². The molecule has 3 heterocycles. The lowest BCUT2D eigenvalue weighted by atomic mass is 9.85. The standard InChI is InChI=1S/C20H30O8/c1-8-9-11(12(21)17(22)23-10(2)3)13-14-15(26-19(4,5)25-14)16-18(24-13)28-20(6,7)27-16/h8,10-11,13-16,18H,1,9H2,2-7H3/t11-,13+,14-,15-,16+,18+/m0/s1. The van der Waals surface area contributed by atoms with Crippen LogP contribution < -0.4 is 0 Å². The molecule has 3 saturated heterocycles. The summed E-state index contributed by atoms with van der Waals surface area (Å²) in [5.41, 5.74) is 0. The smallest absolute Gasteiger partial charge is 0.375 e. The van der Waals surface area contributed by atoms with Gasteiger partial charge in [0.25, 0.3) is 0 Å². The van der Waals surface area contributed by atoms with Gasteiger partial charge in [-0.05, 0) is 48.0 Å². The summed E-state index contributed by atoms with van der Waals surface area (Å²) in [7, 11) is 0. The number of fused-ring (bicyclic) bond motifs is 3. The zero-order chi connectivity index (χ0) is 20.9. The molecule has 28 heavy (non-hydrogen) atoms. The maximum Gasteiger partial charge on any atom is 0.375 e. The van der Waals surface area contributed by atoms with Gasteiger partial charge >= 0.3 is 5.97 Å². The first-order chi connectivity index (χ1) is 12.9. The van der Waals surface area contributed by atoms with E-state index in [4.69, 9.17) is 28.4 Å². The zero-order valence-electron chi connectivity index (χ0n) is 17.3. The van der Waals surface area contributed by atoms with Crippen LogP contribution in [0.15, 0.2) is 12.7 Å². The van der Waals surface area contributed by atoms with Crippen molar-refractivity contribution in [2.75, 3.05) is 0 Å². The Kier molecular flexibility index (Phi) is 5.73. The highest BCUT2D eigenvalue weighted by molar-refractivity contribution is 6.34. The number of esters is 1. The molecule has 158 valence electrons. The maximum absolute atomic E-state index is 12.9. The van der Waals surface area contributed by atoms with Gasteiger partial charge in [0.15, 0.2) is 17.9 Å². The number of Topliss-reactive ketones (excluding diaryl/α,β-unsaturated/α-hetero) is 1. The van der Waals surface area contributed by atoms with Crippen LogP contribution in [0.5, 0.6) is 0 Å². The number of carbonyl (C=O) groups excluding carboxylic acids is 2. The molecule has 0 spiro atoms. The summed E-state index contributed by atoms with van der Waals surface area (Å²) >= 11 is 0. The molecule has 0 aromatic carbocycles. The Labute approximate surface area is 165 Å². The summed E-state index contributed by atoms with van der Waals surface area (Å²) in [6.07, 6.45) is -1.70. The fourth-order valence-electron chi connectivity index (χ4n) is 3.96. The van der Waals surface area contributed by atoms with E-state index in [0.717, 1.165) is 0 Å². The Morgan fingerprint density at radius 3 is 2.18 bits per heavy atom. The Morgan fingerprint density at radius 1 is 1.00 bits per heavy atom. The minimum absolute atomic E-state index is 0.228. The normalized spacial score (nSPS) is 36.5. The molecule has 3 rings (SSSR count). The summed E-state index contributed by atoms with van der Waals surface area (Å²) in [6.45, 7) is 14.2. The largest absolute Gasteiger partial charge is 0.457 e. The fourth-order valence-corrected chi connectivity index (χ4v) is 3.96. The van der Waals surface area contributed by atoms with E-state index in [1.165, 1.54) is 0 Å². The van der Waals surface area contributed by atoms with Crippen LogP contribution in [-0.4, -0.2) is 60.1 Å². The van der Waals surface area contributed by atoms with Crippen molar-refractivity contribution in [2.45, 2.75) is 96.3 Å². The number of carbonyl (C=O) groups is 2. The summed E-state index contributed by atoms with van der Waals surface area (Å²) in [5.74, 6) is -4.16. The quantitative estimate of drug-likeness (QED) is 0.382.